The second-order valence-electron chi connectivity index (χ2n) is 7.45. The number of carbonyl (C=O) groups is 1. The summed E-state index contributed by atoms with van der Waals surface area (Å²) in [7, 11) is 3.10. The van der Waals surface area contributed by atoms with Crippen LogP contribution in [-0.2, 0) is 6.54 Å². The first-order chi connectivity index (χ1) is 12.6. The molecule has 2 aromatic rings. The summed E-state index contributed by atoms with van der Waals surface area (Å²) in [5, 5.41) is 2.92. The van der Waals surface area contributed by atoms with Crippen LogP contribution in [0.3, 0.4) is 0 Å². The van der Waals surface area contributed by atoms with E-state index in [1.165, 1.54) is 23.0 Å². The number of thioether (sulfide) groups is 1. The van der Waals surface area contributed by atoms with Crippen molar-refractivity contribution in [2.75, 3.05) is 19.5 Å². The zero-order chi connectivity index (χ0) is 20.2. The Kier molecular flexibility index (Phi) is 6.76. The second kappa shape index (κ2) is 8.65. The summed E-state index contributed by atoms with van der Waals surface area (Å²) < 4.78 is 18.9. The minimum absolute atomic E-state index is 0.130. The number of carbonyl (C=O) groups excluding carboxylic acids is 1. The topological polar surface area (TPSA) is 41.6 Å². The molecule has 0 aliphatic rings. The van der Waals surface area contributed by atoms with E-state index in [4.69, 9.17) is 4.74 Å². The zero-order valence-electron chi connectivity index (χ0n) is 16.7. The highest BCUT2D eigenvalue weighted by atomic mass is 32.2. The molecule has 2 aromatic carbocycles. The lowest BCUT2D eigenvalue weighted by molar-refractivity contribution is 0.220. The average Bonchev–Trinajstić information content (AvgIpc) is 2.56. The van der Waals surface area contributed by atoms with E-state index in [0.29, 0.717) is 12.1 Å². The van der Waals surface area contributed by atoms with Crippen LogP contribution in [0.1, 0.15) is 31.9 Å². The van der Waals surface area contributed by atoms with Crippen molar-refractivity contribution in [2.24, 2.45) is 0 Å². The first-order valence-electron chi connectivity index (χ1n) is 8.73. The first-order valence-corrected chi connectivity index (χ1v) is 9.55. The van der Waals surface area contributed by atoms with Crippen molar-refractivity contribution in [2.45, 2.75) is 43.9 Å². The molecule has 0 spiro atoms. The number of rotatable bonds is 5. The van der Waals surface area contributed by atoms with Crippen LogP contribution in [0.15, 0.2) is 41.3 Å². The van der Waals surface area contributed by atoms with Crippen LogP contribution in [0.5, 0.6) is 5.75 Å². The summed E-state index contributed by atoms with van der Waals surface area (Å²) in [5.41, 5.74) is 2.46. The van der Waals surface area contributed by atoms with E-state index in [9.17, 15) is 9.18 Å². The Morgan fingerprint density at radius 1 is 1.22 bits per heavy atom. The van der Waals surface area contributed by atoms with Gasteiger partial charge in [0.2, 0.25) is 0 Å². The van der Waals surface area contributed by atoms with Crippen molar-refractivity contribution in [3.05, 3.63) is 53.3 Å². The van der Waals surface area contributed by atoms with Crippen LogP contribution in [0, 0.1) is 12.7 Å². The van der Waals surface area contributed by atoms with Gasteiger partial charge in [0.15, 0.2) is 11.6 Å². The normalized spacial score (nSPS) is 11.2. The third-order valence-corrected chi connectivity index (χ3v) is 4.95. The lowest BCUT2D eigenvalue weighted by Gasteiger charge is -2.21. The summed E-state index contributed by atoms with van der Waals surface area (Å²) in [4.78, 5) is 15.2. The molecule has 4 nitrogen and oxygen atoms in total. The predicted molar refractivity (Wildman–Crippen MR) is 110 cm³/mol. The molecule has 146 valence electrons. The van der Waals surface area contributed by atoms with Crippen LogP contribution in [0.25, 0.3) is 0 Å². The van der Waals surface area contributed by atoms with Crippen molar-refractivity contribution in [3.8, 4) is 5.75 Å². The van der Waals surface area contributed by atoms with Gasteiger partial charge in [0.25, 0.3) is 0 Å². The minimum Gasteiger partial charge on any atom is -0.494 e. The molecule has 0 radical (unpaired) electrons. The van der Waals surface area contributed by atoms with E-state index >= 15 is 0 Å². The van der Waals surface area contributed by atoms with Gasteiger partial charge in [-0.1, -0.05) is 26.8 Å². The molecule has 0 bridgehead atoms. The number of hydrogen-bond acceptors (Lipinski definition) is 3. The van der Waals surface area contributed by atoms with Gasteiger partial charge in [-0.25, -0.2) is 9.18 Å². The van der Waals surface area contributed by atoms with Crippen molar-refractivity contribution < 1.29 is 13.9 Å². The van der Waals surface area contributed by atoms with Gasteiger partial charge in [-0.05, 0) is 48.4 Å². The Labute approximate surface area is 165 Å². The molecule has 1 N–H and O–H groups in total. The molecule has 6 heteroatoms. The highest BCUT2D eigenvalue weighted by Gasteiger charge is 2.15. The maximum atomic E-state index is 13.8. The highest BCUT2D eigenvalue weighted by Crippen LogP contribution is 2.33. The molecule has 0 atom stereocenters. The SMILES string of the molecule is COc1ccc(CN(C)C(=O)Nc2ccc(SC(C)(C)C)cc2C)cc1F. The minimum atomic E-state index is -0.438. The van der Waals surface area contributed by atoms with E-state index in [-0.39, 0.29) is 16.5 Å². The fourth-order valence-corrected chi connectivity index (χ4v) is 3.64. The largest absolute Gasteiger partial charge is 0.494 e. The molecule has 0 aromatic heterocycles. The standard InChI is InChI=1S/C21H27FN2O2S/c1-14-11-16(27-21(2,3)4)8-9-18(14)23-20(25)24(5)13-15-7-10-19(26-6)17(22)12-15/h7-12H,13H2,1-6H3,(H,23,25). The van der Waals surface area contributed by atoms with Crippen molar-refractivity contribution in [1.82, 2.24) is 4.90 Å². The molecule has 0 saturated heterocycles. The van der Waals surface area contributed by atoms with E-state index in [0.717, 1.165) is 11.3 Å². The molecule has 0 fully saturated rings. The van der Waals surface area contributed by atoms with Gasteiger partial charge in [-0.15, -0.1) is 11.8 Å². The van der Waals surface area contributed by atoms with Crippen LogP contribution in [0.2, 0.25) is 0 Å². The Balaban J connectivity index is 2.02. The number of amides is 2. The van der Waals surface area contributed by atoms with Crippen molar-refractivity contribution in [3.63, 3.8) is 0 Å². The molecule has 0 saturated carbocycles. The zero-order valence-corrected chi connectivity index (χ0v) is 17.5. The van der Waals surface area contributed by atoms with Gasteiger partial charge in [-0.2, -0.15) is 0 Å². The number of nitrogens with zero attached hydrogens (tertiary/aromatic N) is 1. The molecule has 2 rings (SSSR count). The smallest absolute Gasteiger partial charge is 0.321 e. The average molecular weight is 391 g/mol. The Bertz CT molecular complexity index is 818. The van der Waals surface area contributed by atoms with E-state index < -0.39 is 5.82 Å². The van der Waals surface area contributed by atoms with Crippen molar-refractivity contribution in [1.29, 1.82) is 0 Å². The van der Waals surface area contributed by atoms with Crippen molar-refractivity contribution >= 4 is 23.5 Å². The molecular weight excluding hydrogens is 363 g/mol. The number of urea groups is 1. The van der Waals surface area contributed by atoms with Crippen LogP contribution < -0.4 is 10.1 Å². The lowest BCUT2D eigenvalue weighted by atomic mass is 10.2. The van der Waals surface area contributed by atoms with Gasteiger partial charge in [-0.3, -0.25) is 0 Å². The predicted octanol–water partition coefficient (Wildman–Crippen LogP) is 5.70. The number of halogens is 1. The van der Waals surface area contributed by atoms with Crippen LogP contribution in [-0.4, -0.2) is 29.8 Å². The number of aryl methyl sites for hydroxylation is 1. The quantitative estimate of drug-likeness (QED) is 0.666. The van der Waals surface area contributed by atoms with E-state index in [1.807, 2.05) is 19.1 Å². The monoisotopic (exact) mass is 390 g/mol. The van der Waals surface area contributed by atoms with Gasteiger partial charge < -0.3 is 15.0 Å². The number of ether oxygens (including phenoxy) is 1. The summed E-state index contributed by atoms with van der Waals surface area (Å²) in [6.45, 7) is 8.77. The summed E-state index contributed by atoms with van der Waals surface area (Å²) in [6.07, 6.45) is 0. The molecular formula is C21H27FN2O2S. The number of benzene rings is 2. The molecule has 0 heterocycles. The third-order valence-electron chi connectivity index (χ3n) is 3.85. The van der Waals surface area contributed by atoms with Gasteiger partial charge in [0.05, 0.1) is 7.11 Å². The molecule has 0 aliphatic heterocycles. The lowest BCUT2D eigenvalue weighted by Crippen LogP contribution is -2.31. The third kappa shape index (κ3) is 6.17. The number of anilines is 1. The summed E-state index contributed by atoms with van der Waals surface area (Å²) in [5.74, 6) is -0.249. The molecule has 2 amide bonds. The van der Waals surface area contributed by atoms with E-state index in [1.54, 1.807) is 30.9 Å². The van der Waals surface area contributed by atoms with Gasteiger partial charge >= 0.3 is 6.03 Å². The van der Waals surface area contributed by atoms with Crippen LogP contribution >= 0.6 is 11.8 Å². The van der Waals surface area contributed by atoms with E-state index in [2.05, 4.69) is 32.2 Å². The first kappa shape index (κ1) is 21.1. The summed E-state index contributed by atoms with van der Waals surface area (Å²) >= 11 is 1.79. The maximum Gasteiger partial charge on any atom is 0.321 e. The number of methoxy groups -OCH3 is 1. The molecule has 27 heavy (non-hydrogen) atoms. The fourth-order valence-electron chi connectivity index (χ4n) is 2.56. The molecule has 0 unspecified atom stereocenters. The van der Waals surface area contributed by atoms with Gasteiger partial charge in [0, 0.05) is 28.9 Å². The molecule has 0 aliphatic carbocycles. The number of hydrogen-bond donors (Lipinski definition) is 1. The Morgan fingerprint density at radius 3 is 2.48 bits per heavy atom. The number of nitrogens with one attached hydrogen (secondary N) is 1. The van der Waals surface area contributed by atoms with Crippen LogP contribution in [0.4, 0.5) is 14.9 Å². The second-order valence-corrected chi connectivity index (χ2v) is 9.35. The Hall–Kier alpha value is -2.21. The highest BCUT2D eigenvalue weighted by molar-refractivity contribution is 8.00. The Morgan fingerprint density at radius 2 is 1.93 bits per heavy atom. The fraction of sp³-hybridized carbons (Fsp3) is 0.381. The summed E-state index contributed by atoms with van der Waals surface area (Å²) in [6, 6.07) is 10.4. The maximum absolute atomic E-state index is 13.8. The van der Waals surface area contributed by atoms with Gasteiger partial charge in [0.1, 0.15) is 0 Å².